The summed E-state index contributed by atoms with van der Waals surface area (Å²) < 4.78 is 8.09. The summed E-state index contributed by atoms with van der Waals surface area (Å²) in [6.07, 6.45) is 0.849. The number of fused-ring (bicyclic) bond motifs is 1. The first kappa shape index (κ1) is 18.9. The molecule has 28 heavy (non-hydrogen) atoms. The van der Waals surface area contributed by atoms with Gasteiger partial charge in [0.2, 0.25) is 11.7 Å². The third-order valence-electron chi connectivity index (χ3n) is 4.17. The van der Waals surface area contributed by atoms with Gasteiger partial charge in [-0.1, -0.05) is 51.9 Å². The minimum absolute atomic E-state index is 0.0176. The van der Waals surface area contributed by atoms with Crippen LogP contribution >= 0.6 is 27.7 Å². The standard InChI is InChI=1S/C20H17BrN4O2S/c1-2-11-25-19(26)15-5-3-4-6-16(15)22-20(25)28-12-17-23-18(24-27-17)13-7-9-14(21)10-8-13/h3-10H,2,11-12H2,1H3. The number of hydrogen-bond acceptors (Lipinski definition) is 6. The number of halogens is 1. The van der Waals surface area contributed by atoms with Gasteiger partial charge < -0.3 is 4.52 Å². The quantitative estimate of drug-likeness (QED) is 0.303. The zero-order valence-corrected chi connectivity index (χ0v) is 17.5. The van der Waals surface area contributed by atoms with Crippen LogP contribution in [-0.2, 0) is 12.3 Å². The van der Waals surface area contributed by atoms with Crippen molar-refractivity contribution in [2.45, 2.75) is 30.8 Å². The summed E-state index contributed by atoms with van der Waals surface area (Å²) in [6, 6.07) is 15.1. The number of nitrogens with zero attached hydrogens (tertiary/aromatic N) is 4. The Kier molecular flexibility index (Phi) is 5.59. The van der Waals surface area contributed by atoms with Gasteiger partial charge in [-0.15, -0.1) is 0 Å². The molecular weight excluding hydrogens is 440 g/mol. The predicted molar refractivity (Wildman–Crippen MR) is 113 cm³/mol. The SMILES string of the molecule is CCCn1c(SCc2nc(-c3ccc(Br)cc3)no2)nc2ccccc2c1=O. The summed E-state index contributed by atoms with van der Waals surface area (Å²) in [6.45, 7) is 2.66. The first-order valence-electron chi connectivity index (χ1n) is 8.86. The molecule has 0 unspecified atom stereocenters. The van der Waals surface area contributed by atoms with Crippen molar-refractivity contribution >= 4 is 38.6 Å². The number of rotatable bonds is 6. The lowest BCUT2D eigenvalue weighted by molar-refractivity contribution is 0.391. The third kappa shape index (κ3) is 3.88. The lowest BCUT2D eigenvalue weighted by atomic mass is 10.2. The molecule has 8 heteroatoms. The van der Waals surface area contributed by atoms with Crippen LogP contribution < -0.4 is 5.56 Å². The lowest BCUT2D eigenvalue weighted by Crippen LogP contribution is -2.23. The van der Waals surface area contributed by atoms with E-state index in [1.165, 1.54) is 11.8 Å². The Labute approximate surface area is 174 Å². The molecule has 0 amide bonds. The number of thioether (sulfide) groups is 1. The van der Waals surface area contributed by atoms with E-state index in [-0.39, 0.29) is 5.56 Å². The normalized spacial score (nSPS) is 11.2. The van der Waals surface area contributed by atoms with Gasteiger partial charge in [-0.25, -0.2) is 4.98 Å². The van der Waals surface area contributed by atoms with Crippen LogP contribution in [0.15, 0.2) is 67.5 Å². The molecule has 142 valence electrons. The molecule has 0 aliphatic heterocycles. The maximum Gasteiger partial charge on any atom is 0.262 e. The van der Waals surface area contributed by atoms with E-state index in [1.54, 1.807) is 4.57 Å². The highest BCUT2D eigenvalue weighted by atomic mass is 79.9. The summed E-state index contributed by atoms with van der Waals surface area (Å²) in [5.74, 6) is 1.48. The average Bonchev–Trinajstić information content (AvgIpc) is 3.18. The highest BCUT2D eigenvalue weighted by Crippen LogP contribution is 2.24. The van der Waals surface area contributed by atoms with Gasteiger partial charge in [0.25, 0.3) is 5.56 Å². The molecule has 0 aliphatic carbocycles. The lowest BCUT2D eigenvalue weighted by Gasteiger charge is -2.11. The molecule has 2 aromatic heterocycles. The molecule has 2 heterocycles. The maximum absolute atomic E-state index is 12.8. The summed E-state index contributed by atoms with van der Waals surface area (Å²) in [4.78, 5) is 22.0. The van der Waals surface area contributed by atoms with Gasteiger partial charge in [-0.05, 0) is 42.8 Å². The van der Waals surface area contributed by atoms with E-state index in [9.17, 15) is 4.79 Å². The van der Waals surface area contributed by atoms with Gasteiger partial charge in [0.05, 0.1) is 16.7 Å². The van der Waals surface area contributed by atoms with Crippen molar-refractivity contribution in [1.29, 1.82) is 0 Å². The molecule has 4 aromatic rings. The van der Waals surface area contributed by atoms with Crippen molar-refractivity contribution in [2.24, 2.45) is 0 Å². The summed E-state index contributed by atoms with van der Waals surface area (Å²) in [5.41, 5.74) is 1.56. The van der Waals surface area contributed by atoms with Crippen LogP contribution in [0.4, 0.5) is 0 Å². The van der Waals surface area contributed by atoms with Crippen LogP contribution in [0.3, 0.4) is 0 Å². The minimum atomic E-state index is -0.0176. The number of aromatic nitrogens is 4. The van der Waals surface area contributed by atoms with Crippen LogP contribution in [0.2, 0.25) is 0 Å². The monoisotopic (exact) mass is 456 g/mol. The molecule has 0 bridgehead atoms. The second kappa shape index (κ2) is 8.28. The fourth-order valence-corrected chi connectivity index (χ4v) is 3.96. The molecule has 0 fully saturated rings. The maximum atomic E-state index is 12.8. The van der Waals surface area contributed by atoms with Crippen LogP contribution in [0.1, 0.15) is 19.2 Å². The second-order valence-electron chi connectivity index (χ2n) is 6.18. The van der Waals surface area contributed by atoms with Crippen LogP contribution in [0.5, 0.6) is 0 Å². The molecule has 2 aromatic carbocycles. The van der Waals surface area contributed by atoms with E-state index >= 15 is 0 Å². The summed E-state index contributed by atoms with van der Waals surface area (Å²) in [5, 5.41) is 5.35. The van der Waals surface area contributed by atoms with Crippen LogP contribution in [-0.4, -0.2) is 19.7 Å². The number of hydrogen-bond donors (Lipinski definition) is 0. The Morgan fingerprint density at radius 2 is 1.89 bits per heavy atom. The number of para-hydroxylation sites is 1. The van der Waals surface area contributed by atoms with E-state index in [0.717, 1.165) is 16.5 Å². The minimum Gasteiger partial charge on any atom is -0.338 e. The number of benzene rings is 2. The van der Waals surface area contributed by atoms with Crippen molar-refractivity contribution in [3.8, 4) is 11.4 Å². The Bertz CT molecular complexity index is 1170. The zero-order valence-electron chi connectivity index (χ0n) is 15.1. The summed E-state index contributed by atoms with van der Waals surface area (Å²) in [7, 11) is 0. The first-order valence-corrected chi connectivity index (χ1v) is 10.6. The molecule has 0 radical (unpaired) electrons. The molecule has 0 saturated heterocycles. The Hall–Kier alpha value is -2.45. The molecule has 0 saturated carbocycles. The highest BCUT2D eigenvalue weighted by molar-refractivity contribution is 9.10. The Morgan fingerprint density at radius 3 is 2.68 bits per heavy atom. The average molecular weight is 457 g/mol. The third-order valence-corrected chi connectivity index (χ3v) is 5.66. The molecule has 0 atom stereocenters. The molecule has 0 N–H and O–H groups in total. The molecule has 0 spiro atoms. The van der Waals surface area contributed by atoms with Crippen molar-refractivity contribution in [1.82, 2.24) is 19.7 Å². The van der Waals surface area contributed by atoms with Gasteiger partial charge in [0, 0.05) is 16.6 Å². The largest absolute Gasteiger partial charge is 0.338 e. The second-order valence-corrected chi connectivity index (χ2v) is 8.03. The predicted octanol–water partition coefficient (Wildman–Crippen LogP) is 4.91. The topological polar surface area (TPSA) is 73.8 Å². The zero-order chi connectivity index (χ0) is 19.5. The van der Waals surface area contributed by atoms with E-state index in [0.29, 0.717) is 40.1 Å². The van der Waals surface area contributed by atoms with Gasteiger partial charge in [0.15, 0.2) is 5.16 Å². The van der Waals surface area contributed by atoms with E-state index < -0.39 is 0 Å². The van der Waals surface area contributed by atoms with Gasteiger partial charge >= 0.3 is 0 Å². The first-order chi connectivity index (χ1) is 13.7. The fraction of sp³-hybridized carbons (Fsp3) is 0.200. The Balaban J connectivity index is 1.59. The van der Waals surface area contributed by atoms with E-state index in [4.69, 9.17) is 4.52 Å². The van der Waals surface area contributed by atoms with Crippen molar-refractivity contribution in [2.75, 3.05) is 0 Å². The highest BCUT2D eigenvalue weighted by Gasteiger charge is 2.14. The Morgan fingerprint density at radius 1 is 1.11 bits per heavy atom. The van der Waals surface area contributed by atoms with Gasteiger partial charge in [-0.2, -0.15) is 4.98 Å². The van der Waals surface area contributed by atoms with Crippen molar-refractivity contribution in [3.05, 3.63) is 69.2 Å². The smallest absolute Gasteiger partial charge is 0.262 e. The molecule has 6 nitrogen and oxygen atoms in total. The van der Waals surface area contributed by atoms with Gasteiger partial charge in [-0.3, -0.25) is 9.36 Å². The van der Waals surface area contributed by atoms with Gasteiger partial charge in [0.1, 0.15) is 0 Å². The summed E-state index contributed by atoms with van der Waals surface area (Å²) >= 11 is 4.84. The van der Waals surface area contributed by atoms with E-state index in [2.05, 4.69) is 31.1 Å². The van der Waals surface area contributed by atoms with Crippen molar-refractivity contribution < 1.29 is 4.52 Å². The molecule has 4 rings (SSSR count). The molecule has 0 aliphatic rings. The van der Waals surface area contributed by atoms with Crippen molar-refractivity contribution in [3.63, 3.8) is 0 Å². The fourth-order valence-electron chi connectivity index (χ4n) is 2.83. The molecular formula is C20H17BrN4O2S. The van der Waals surface area contributed by atoms with E-state index in [1.807, 2.05) is 55.5 Å². The van der Waals surface area contributed by atoms with Crippen LogP contribution in [0.25, 0.3) is 22.3 Å². The van der Waals surface area contributed by atoms with Crippen LogP contribution in [0, 0.1) is 0 Å².